The van der Waals surface area contributed by atoms with Crippen LogP contribution in [0.1, 0.15) is 110 Å². The lowest BCUT2D eigenvalue weighted by molar-refractivity contribution is -0.134. The van der Waals surface area contributed by atoms with Gasteiger partial charge in [-0.25, -0.2) is 15.0 Å². The van der Waals surface area contributed by atoms with Crippen LogP contribution in [-0.4, -0.2) is 85.5 Å². The second kappa shape index (κ2) is 14.4. The molecule has 6 rings (SSSR count). The van der Waals surface area contributed by atoms with Crippen molar-refractivity contribution in [1.82, 2.24) is 40.7 Å². The number of aromatic nitrogens is 3. The molecular weight excluding hydrogens is 669 g/mol. The Labute approximate surface area is 292 Å². The molecule has 14 nitrogen and oxygen atoms in total. The lowest BCUT2D eigenvalue weighted by atomic mass is 10.0. The molecule has 3 N–H and O–H groups in total. The highest BCUT2D eigenvalue weighted by atomic mass is 32.1. The lowest BCUT2D eigenvalue weighted by Crippen LogP contribution is -2.55. The van der Waals surface area contributed by atoms with Gasteiger partial charge in [0, 0.05) is 23.8 Å². The third-order valence-corrected chi connectivity index (χ3v) is 11.1. The van der Waals surface area contributed by atoms with Gasteiger partial charge in [-0.15, -0.1) is 22.7 Å². The van der Waals surface area contributed by atoms with Crippen LogP contribution in [0.2, 0.25) is 0 Å². The van der Waals surface area contributed by atoms with Gasteiger partial charge in [0.15, 0.2) is 5.69 Å². The van der Waals surface area contributed by atoms with Gasteiger partial charge in [-0.05, 0) is 50.9 Å². The number of nitrogens with zero attached hydrogens (tertiary/aromatic N) is 5. The molecule has 3 aromatic heterocycles. The molecule has 262 valence electrons. The molecule has 0 spiro atoms. The van der Waals surface area contributed by atoms with Crippen LogP contribution in [0.5, 0.6) is 0 Å². The van der Waals surface area contributed by atoms with E-state index in [9.17, 15) is 24.0 Å². The zero-order valence-corrected chi connectivity index (χ0v) is 29.9. The highest BCUT2D eigenvalue weighted by Crippen LogP contribution is 2.36. The van der Waals surface area contributed by atoms with Crippen LogP contribution in [0.4, 0.5) is 0 Å². The van der Waals surface area contributed by atoms with Crippen LogP contribution in [0, 0.1) is 11.8 Å². The summed E-state index contributed by atoms with van der Waals surface area (Å²) in [7, 11) is 0. The van der Waals surface area contributed by atoms with Crippen molar-refractivity contribution in [3.05, 3.63) is 38.4 Å². The van der Waals surface area contributed by atoms with Crippen molar-refractivity contribution in [2.45, 2.75) is 96.9 Å². The van der Waals surface area contributed by atoms with Crippen molar-refractivity contribution in [2.75, 3.05) is 13.1 Å². The predicted molar refractivity (Wildman–Crippen MR) is 182 cm³/mol. The maximum atomic E-state index is 14.0. The van der Waals surface area contributed by atoms with Gasteiger partial charge in [-0.2, -0.15) is 0 Å². The van der Waals surface area contributed by atoms with E-state index in [1.54, 1.807) is 22.6 Å². The third kappa shape index (κ3) is 7.25. The number of hydrogen-bond donors (Lipinski definition) is 3. The quantitative estimate of drug-likeness (QED) is 0.366. The minimum Gasteiger partial charge on any atom is -0.442 e. The van der Waals surface area contributed by atoms with E-state index in [0.717, 1.165) is 6.42 Å². The first-order valence-corrected chi connectivity index (χ1v) is 18.6. The Morgan fingerprint density at radius 3 is 2.22 bits per heavy atom. The Kier molecular flexibility index (Phi) is 10.2. The summed E-state index contributed by atoms with van der Waals surface area (Å²) < 4.78 is 5.70. The van der Waals surface area contributed by atoms with Crippen molar-refractivity contribution in [3.8, 4) is 11.6 Å². The fraction of sp³-hybridized carbons (Fsp3) is 0.576. The zero-order chi connectivity index (χ0) is 35.0. The van der Waals surface area contributed by atoms with E-state index in [-0.39, 0.29) is 41.1 Å². The summed E-state index contributed by atoms with van der Waals surface area (Å²) in [5.74, 6) is -1.89. The van der Waals surface area contributed by atoms with Gasteiger partial charge in [0.25, 0.3) is 11.8 Å². The Morgan fingerprint density at radius 2 is 1.49 bits per heavy atom. The van der Waals surface area contributed by atoms with Gasteiger partial charge in [0.1, 0.15) is 45.8 Å². The minimum absolute atomic E-state index is 0.0541. The van der Waals surface area contributed by atoms with Crippen LogP contribution in [0.3, 0.4) is 0 Å². The second-order valence-electron chi connectivity index (χ2n) is 13.6. The number of thiazole rings is 2. The number of oxazole rings is 1. The highest BCUT2D eigenvalue weighted by Gasteiger charge is 2.39. The fourth-order valence-electron chi connectivity index (χ4n) is 6.61. The van der Waals surface area contributed by atoms with Crippen LogP contribution in [0.15, 0.2) is 21.4 Å². The fourth-order valence-corrected chi connectivity index (χ4v) is 8.36. The molecule has 6 bridgehead atoms. The highest BCUT2D eigenvalue weighted by molar-refractivity contribution is 7.10. The Bertz CT molecular complexity index is 1730. The molecule has 0 saturated carbocycles. The molecule has 5 atom stereocenters. The molecule has 16 heteroatoms. The topological polar surface area (TPSA) is 180 Å². The second-order valence-corrected chi connectivity index (χ2v) is 15.4. The summed E-state index contributed by atoms with van der Waals surface area (Å²) in [5, 5.41) is 13.3. The molecular formula is C33H42N8O6S2. The first kappa shape index (κ1) is 34.7. The maximum absolute atomic E-state index is 14.0. The summed E-state index contributed by atoms with van der Waals surface area (Å²) in [5.41, 5.74) is 0.651. The number of amides is 5. The molecule has 0 aliphatic carbocycles. The van der Waals surface area contributed by atoms with Gasteiger partial charge in [0.2, 0.25) is 23.6 Å². The first-order chi connectivity index (χ1) is 23.4. The number of fused-ring (bicyclic) bond motifs is 10. The summed E-state index contributed by atoms with van der Waals surface area (Å²) in [4.78, 5) is 85.1. The van der Waals surface area contributed by atoms with E-state index in [1.165, 1.54) is 33.8 Å². The Morgan fingerprint density at radius 1 is 0.816 bits per heavy atom. The standard InChI is InChI=1S/C33H42N8O6S2/c1-16(2)12-19-32(45)41-11-7-9-24(41)31-38-22(15-49-31)29-36-20(13-47-29)33(46)40-10-6-8-23(40)27(43)39-25(17(3)4)28(44)34-18(5)30-37-21(14-48-30)26(42)35-19/h13-19,23-25H,6-12H2,1-5H3,(H,34,44)(H,35,42)(H,39,43). The number of carbonyl (C=O) groups excluding carboxylic acids is 5. The minimum atomic E-state index is -0.879. The number of nitrogens with one attached hydrogen (secondary N) is 3. The van der Waals surface area contributed by atoms with E-state index >= 15 is 0 Å². The third-order valence-electron chi connectivity index (χ3n) is 9.14. The van der Waals surface area contributed by atoms with Gasteiger partial charge >= 0.3 is 0 Å². The Hall–Kier alpha value is -4.18. The van der Waals surface area contributed by atoms with Crippen LogP contribution in [-0.2, 0) is 14.4 Å². The van der Waals surface area contributed by atoms with E-state index in [1.807, 2.05) is 27.7 Å². The van der Waals surface area contributed by atoms with Crippen molar-refractivity contribution in [2.24, 2.45) is 11.8 Å². The van der Waals surface area contributed by atoms with Crippen molar-refractivity contribution in [1.29, 1.82) is 0 Å². The lowest BCUT2D eigenvalue weighted by Gasteiger charge is -2.29. The van der Waals surface area contributed by atoms with Crippen LogP contribution >= 0.6 is 22.7 Å². The molecule has 3 aliphatic heterocycles. The van der Waals surface area contributed by atoms with E-state index in [2.05, 4.69) is 25.9 Å². The maximum Gasteiger partial charge on any atom is 0.276 e. The van der Waals surface area contributed by atoms with Gasteiger partial charge in [-0.3, -0.25) is 24.0 Å². The van der Waals surface area contributed by atoms with Gasteiger partial charge < -0.3 is 30.2 Å². The largest absolute Gasteiger partial charge is 0.442 e. The van der Waals surface area contributed by atoms with E-state index in [4.69, 9.17) is 9.40 Å². The van der Waals surface area contributed by atoms with E-state index < -0.39 is 47.8 Å². The summed E-state index contributed by atoms with van der Waals surface area (Å²) in [6, 6.07) is -3.27. The summed E-state index contributed by atoms with van der Waals surface area (Å²) in [6.45, 7) is 10.3. The zero-order valence-electron chi connectivity index (χ0n) is 28.2. The van der Waals surface area contributed by atoms with Crippen molar-refractivity contribution < 1.29 is 28.4 Å². The molecule has 3 aromatic rings. The first-order valence-electron chi connectivity index (χ1n) is 16.8. The number of hydrogen-bond acceptors (Lipinski definition) is 11. The van der Waals surface area contributed by atoms with Crippen molar-refractivity contribution in [3.63, 3.8) is 0 Å². The van der Waals surface area contributed by atoms with Crippen molar-refractivity contribution >= 4 is 52.2 Å². The van der Waals surface area contributed by atoms with Gasteiger partial charge in [-0.1, -0.05) is 27.7 Å². The molecule has 49 heavy (non-hydrogen) atoms. The summed E-state index contributed by atoms with van der Waals surface area (Å²) >= 11 is 2.61. The SMILES string of the molecule is CC(C)CC1NC(=O)c2csc(n2)C(C)NC(=O)C(C(C)C)NC(=O)C2CCCN2C(=O)c2coc(n2)-c2csc(n2)C2CCCN2C1=O. The number of rotatable bonds is 3. The van der Waals surface area contributed by atoms with E-state index in [0.29, 0.717) is 54.5 Å². The van der Waals surface area contributed by atoms with Crippen LogP contribution < -0.4 is 16.0 Å². The molecule has 0 aromatic carbocycles. The molecule has 6 heterocycles. The average molecular weight is 711 g/mol. The molecule has 2 saturated heterocycles. The normalized spacial score (nSPS) is 25.6. The molecule has 3 aliphatic rings. The molecule has 2 fully saturated rings. The average Bonchev–Trinajstić information content (AvgIpc) is 3.89. The Balaban J connectivity index is 1.34. The molecule has 0 radical (unpaired) electrons. The smallest absolute Gasteiger partial charge is 0.276 e. The van der Waals surface area contributed by atoms with Crippen LogP contribution in [0.25, 0.3) is 11.6 Å². The monoisotopic (exact) mass is 710 g/mol. The number of carbonyl (C=O) groups is 5. The summed E-state index contributed by atoms with van der Waals surface area (Å²) in [6.07, 6.45) is 4.27. The predicted octanol–water partition coefficient (Wildman–Crippen LogP) is 3.70. The van der Waals surface area contributed by atoms with Gasteiger partial charge in [0.05, 0.1) is 12.1 Å². The molecule has 5 amide bonds. The molecule has 5 unspecified atom stereocenters.